The maximum Gasteiger partial charge on any atom is 0.434 e. The van der Waals surface area contributed by atoms with Crippen molar-refractivity contribution < 1.29 is 27.9 Å². The highest BCUT2D eigenvalue weighted by atomic mass is 32.1. The summed E-state index contributed by atoms with van der Waals surface area (Å²) in [5, 5.41) is 11.7. The van der Waals surface area contributed by atoms with Crippen LogP contribution in [0.1, 0.15) is 12.1 Å². The summed E-state index contributed by atoms with van der Waals surface area (Å²) in [5.74, 6) is -1.63. The van der Waals surface area contributed by atoms with E-state index in [1.165, 1.54) is 4.90 Å². The van der Waals surface area contributed by atoms with E-state index in [2.05, 4.69) is 10.3 Å². The van der Waals surface area contributed by atoms with Crippen molar-refractivity contribution in [3.05, 3.63) is 11.1 Å². The molecule has 0 radical (unpaired) electrons. The fourth-order valence-corrected chi connectivity index (χ4v) is 2.49. The maximum absolute atomic E-state index is 12.3. The van der Waals surface area contributed by atoms with Gasteiger partial charge in [0.2, 0.25) is 0 Å². The average molecular weight is 309 g/mol. The van der Waals surface area contributed by atoms with Gasteiger partial charge in [-0.05, 0) is 6.42 Å². The Labute approximate surface area is 115 Å². The third kappa shape index (κ3) is 3.18. The number of anilines is 1. The van der Waals surface area contributed by atoms with Crippen molar-refractivity contribution in [3.8, 4) is 0 Å². The number of carbonyl (C=O) groups excluding carboxylic acids is 1. The lowest BCUT2D eigenvalue weighted by molar-refractivity contribution is -0.141. The van der Waals surface area contributed by atoms with Crippen LogP contribution in [0.25, 0.3) is 0 Å². The standard InChI is InChI=1S/C10H10F3N3O3S/c11-10(12,13)6-4-20-8(14-6)15-9(19)16-2-1-5(3-16)7(17)18/h4-5H,1-3H2,(H,17,18)(H,14,15,19). The van der Waals surface area contributed by atoms with Gasteiger partial charge in [0.05, 0.1) is 5.92 Å². The van der Waals surface area contributed by atoms with E-state index in [4.69, 9.17) is 5.11 Å². The van der Waals surface area contributed by atoms with Crippen molar-refractivity contribution in [2.24, 2.45) is 5.92 Å². The minimum atomic E-state index is -4.55. The number of nitrogens with zero attached hydrogens (tertiary/aromatic N) is 2. The number of carboxylic acids is 1. The number of halogens is 3. The van der Waals surface area contributed by atoms with E-state index >= 15 is 0 Å². The summed E-state index contributed by atoms with van der Waals surface area (Å²) in [6.45, 7) is 0.291. The first kappa shape index (κ1) is 14.6. The third-order valence-electron chi connectivity index (χ3n) is 2.83. The van der Waals surface area contributed by atoms with Gasteiger partial charge in [-0.3, -0.25) is 10.1 Å². The molecule has 10 heteroatoms. The van der Waals surface area contributed by atoms with Gasteiger partial charge >= 0.3 is 18.2 Å². The van der Waals surface area contributed by atoms with Gasteiger partial charge in [-0.2, -0.15) is 13.2 Å². The number of thiazole rings is 1. The number of hydrogen-bond donors (Lipinski definition) is 2. The Kier molecular flexibility index (Phi) is 3.84. The first-order valence-corrected chi connectivity index (χ1v) is 6.47. The van der Waals surface area contributed by atoms with Crippen molar-refractivity contribution in [3.63, 3.8) is 0 Å². The maximum atomic E-state index is 12.3. The van der Waals surface area contributed by atoms with Gasteiger partial charge in [0, 0.05) is 18.5 Å². The molecule has 2 N–H and O–H groups in total. The number of likely N-dealkylation sites (tertiary alicyclic amines) is 1. The zero-order valence-corrected chi connectivity index (χ0v) is 10.8. The zero-order chi connectivity index (χ0) is 14.9. The number of aliphatic carboxylic acids is 1. The van der Waals surface area contributed by atoms with Crippen LogP contribution in [-0.2, 0) is 11.0 Å². The fourth-order valence-electron chi connectivity index (χ4n) is 1.78. The van der Waals surface area contributed by atoms with E-state index in [1.807, 2.05) is 0 Å². The van der Waals surface area contributed by atoms with E-state index in [0.29, 0.717) is 17.8 Å². The summed E-state index contributed by atoms with van der Waals surface area (Å²) < 4.78 is 37.0. The Hall–Kier alpha value is -1.84. The number of hydrogen-bond acceptors (Lipinski definition) is 4. The van der Waals surface area contributed by atoms with Crippen molar-refractivity contribution >= 4 is 28.5 Å². The van der Waals surface area contributed by atoms with Crippen LogP contribution in [0, 0.1) is 5.92 Å². The van der Waals surface area contributed by atoms with Crippen LogP contribution in [0.15, 0.2) is 5.38 Å². The number of aromatic nitrogens is 1. The number of nitrogens with one attached hydrogen (secondary N) is 1. The Morgan fingerprint density at radius 3 is 2.70 bits per heavy atom. The van der Waals surface area contributed by atoms with Crippen molar-refractivity contribution in [2.45, 2.75) is 12.6 Å². The largest absolute Gasteiger partial charge is 0.481 e. The number of urea groups is 1. The lowest BCUT2D eigenvalue weighted by Gasteiger charge is -2.15. The molecule has 1 saturated heterocycles. The minimum absolute atomic E-state index is 0.0403. The smallest absolute Gasteiger partial charge is 0.434 e. The second-order valence-electron chi connectivity index (χ2n) is 4.24. The molecule has 1 unspecified atom stereocenters. The molecule has 6 nitrogen and oxygen atoms in total. The predicted octanol–water partition coefficient (Wildman–Crippen LogP) is 2.10. The molecule has 1 fully saturated rings. The lowest BCUT2D eigenvalue weighted by atomic mass is 10.1. The molecule has 0 aliphatic carbocycles. The van der Waals surface area contributed by atoms with E-state index < -0.39 is 29.8 Å². The van der Waals surface area contributed by atoms with Gasteiger partial charge in [0.1, 0.15) is 0 Å². The summed E-state index contributed by atoms with van der Waals surface area (Å²) in [4.78, 5) is 27.0. The van der Waals surface area contributed by atoms with Crippen LogP contribution < -0.4 is 5.32 Å². The lowest BCUT2D eigenvalue weighted by Crippen LogP contribution is -2.33. The van der Waals surface area contributed by atoms with Gasteiger partial charge in [-0.25, -0.2) is 9.78 Å². The Morgan fingerprint density at radius 1 is 1.50 bits per heavy atom. The molecule has 1 atom stereocenters. The molecular weight excluding hydrogens is 299 g/mol. The summed E-state index contributed by atoms with van der Waals surface area (Å²) in [6, 6.07) is -0.642. The quantitative estimate of drug-likeness (QED) is 0.876. The van der Waals surface area contributed by atoms with Gasteiger partial charge < -0.3 is 10.0 Å². The SMILES string of the molecule is O=C(O)C1CCN(C(=O)Nc2nc(C(F)(F)F)cs2)C1. The van der Waals surface area contributed by atoms with Crippen LogP contribution in [0.3, 0.4) is 0 Å². The van der Waals surface area contributed by atoms with Gasteiger partial charge in [-0.15, -0.1) is 11.3 Å². The number of alkyl halides is 3. The van der Waals surface area contributed by atoms with E-state index in [-0.39, 0.29) is 18.2 Å². The molecule has 2 heterocycles. The summed E-state index contributed by atoms with van der Waals surface area (Å²) in [6.07, 6.45) is -4.23. The number of carboxylic acid groups (broad SMARTS) is 1. The van der Waals surface area contributed by atoms with Crippen LogP contribution in [0.5, 0.6) is 0 Å². The molecule has 1 aromatic rings. The summed E-state index contributed by atoms with van der Waals surface area (Å²) in [7, 11) is 0. The monoisotopic (exact) mass is 309 g/mol. The second-order valence-corrected chi connectivity index (χ2v) is 5.09. The molecule has 0 spiro atoms. The highest BCUT2D eigenvalue weighted by Crippen LogP contribution is 2.31. The molecule has 0 saturated carbocycles. The van der Waals surface area contributed by atoms with Crippen LogP contribution in [-0.4, -0.2) is 40.1 Å². The molecule has 0 bridgehead atoms. The molecule has 1 aliphatic heterocycles. The molecule has 1 aromatic heterocycles. The Morgan fingerprint density at radius 2 is 2.20 bits per heavy atom. The van der Waals surface area contributed by atoms with Crippen molar-refractivity contribution in [1.82, 2.24) is 9.88 Å². The normalized spacial score (nSPS) is 19.1. The molecule has 2 amide bonds. The van der Waals surface area contributed by atoms with Gasteiger partial charge in [0.25, 0.3) is 0 Å². The third-order valence-corrected chi connectivity index (χ3v) is 3.59. The Balaban J connectivity index is 1.95. The number of carbonyl (C=O) groups is 2. The minimum Gasteiger partial charge on any atom is -0.481 e. The summed E-state index contributed by atoms with van der Waals surface area (Å²) >= 11 is 0.665. The number of rotatable bonds is 2. The van der Waals surface area contributed by atoms with Crippen LogP contribution in [0.4, 0.5) is 23.1 Å². The first-order chi connectivity index (χ1) is 9.27. The first-order valence-electron chi connectivity index (χ1n) is 5.59. The average Bonchev–Trinajstić information content (AvgIpc) is 2.95. The fraction of sp³-hybridized carbons (Fsp3) is 0.500. The van der Waals surface area contributed by atoms with E-state index in [0.717, 1.165) is 5.38 Å². The zero-order valence-electron chi connectivity index (χ0n) is 9.98. The highest BCUT2D eigenvalue weighted by Gasteiger charge is 2.35. The van der Waals surface area contributed by atoms with Gasteiger partial charge in [0.15, 0.2) is 10.8 Å². The number of amides is 2. The molecule has 0 aromatic carbocycles. The molecular formula is C10H10F3N3O3S. The molecule has 2 rings (SSSR count). The molecule has 110 valence electrons. The van der Waals surface area contributed by atoms with Crippen molar-refractivity contribution in [1.29, 1.82) is 0 Å². The van der Waals surface area contributed by atoms with Crippen LogP contribution in [0.2, 0.25) is 0 Å². The van der Waals surface area contributed by atoms with Gasteiger partial charge in [-0.1, -0.05) is 0 Å². The predicted molar refractivity (Wildman–Crippen MR) is 63.5 cm³/mol. The topological polar surface area (TPSA) is 82.5 Å². The summed E-state index contributed by atoms with van der Waals surface area (Å²) in [5.41, 5.74) is -1.07. The van der Waals surface area contributed by atoms with Crippen LogP contribution >= 0.6 is 11.3 Å². The highest BCUT2D eigenvalue weighted by molar-refractivity contribution is 7.13. The van der Waals surface area contributed by atoms with E-state index in [1.54, 1.807) is 0 Å². The van der Waals surface area contributed by atoms with Crippen molar-refractivity contribution in [2.75, 3.05) is 18.4 Å². The molecule has 1 aliphatic rings. The second kappa shape index (κ2) is 5.27. The van der Waals surface area contributed by atoms with E-state index in [9.17, 15) is 22.8 Å². The molecule has 20 heavy (non-hydrogen) atoms. The Bertz CT molecular complexity index is 531.